The van der Waals surface area contributed by atoms with E-state index in [1.165, 1.54) is 18.2 Å². The molecule has 3 rings (SSSR count). The molecule has 0 aromatic heterocycles. The lowest BCUT2D eigenvalue weighted by molar-refractivity contribution is 0.386. The Morgan fingerprint density at radius 3 is 2.55 bits per heavy atom. The van der Waals surface area contributed by atoms with Crippen molar-refractivity contribution in [2.24, 2.45) is 0 Å². The summed E-state index contributed by atoms with van der Waals surface area (Å²) in [6.07, 6.45) is 0.880. The minimum absolute atomic E-state index is 0.116. The van der Waals surface area contributed by atoms with Crippen LogP contribution in [-0.4, -0.2) is 7.11 Å². The highest BCUT2D eigenvalue weighted by Gasteiger charge is 2.25. The van der Waals surface area contributed by atoms with Crippen LogP contribution in [-0.2, 0) is 11.8 Å². The molecule has 3 heteroatoms. The summed E-state index contributed by atoms with van der Waals surface area (Å²) in [4.78, 5) is 0. The smallest absolute Gasteiger partial charge is 0.165 e. The van der Waals surface area contributed by atoms with E-state index in [1.807, 2.05) is 6.07 Å². The fraction of sp³-hybridized carbons (Fsp3) is 0.368. The summed E-state index contributed by atoms with van der Waals surface area (Å²) in [5, 5.41) is 3.49. The average molecular weight is 299 g/mol. The Morgan fingerprint density at radius 1 is 1.14 bits per heavy atom. The van der Waals surface area contributed by atoms with Gasteiger partial charge in [0.25, 0.3) is 0 Å². The number of nitrogens with one attached hydrogen (secondary N) is 1. The van der Waals surface area contributed by atoms with Crippen molar-refractivity contribution in [1.82, 2.24) is 0 Å². The monoisotopic (exact) mass is 299 g/mol. The van der Waals surface area contributed by atoms with Crippen molar-refractivity contribution in [2.45, 2.75) is 38.6 Å². The fourth-order valence-corrected chi connectivity index (χ4v) is 2.93. The number of rotatable bonds is 2. The number of methoxy groups -OCH3 is 1. The molecule has 2 aromatic rings. The van der Waals surface area contributed by atoms with E-state index in [9.17, 15) is 4.39 Å². The molecule has 116 valence electrons. The maximum Gasteiger partial charge on any atom is 0.165 e. The lowest BCUT2D eigenvalue weighted by atomic mass is 9.85. The molecule has 1 N–H and O–H groups in total. The second-order valence-electron chi connectivity index (χ2n) is 6.92. The van der Waals surface area contributed by atoms with Gasteiger partial charge in [-0.2, -0.15) is 0 Å². The van der Waals surface area contributed by atoms with Crippen molar-refractivity contribution in [3.63, 3.8) is 0 Å². The Hall–Kier alpha value is -2.03. The van der Waals surface area contributed by atoms with Gasteiger partial charge in [-0.15, -0.1) is 0 Å². The van der Waals surface area contributed by atoms with Crippen LogP contribution >= 0.6 is 0 Å². The van der Waals surface area contributed by atoms with Crippen molar-refractivity contribution in [2.75, 3.05) is 12.4 Å². The standard InChI is InChI=1S/C19H22FNO/c1-19(2,3)14-6-7-16-13(9-14)11-17(21-16)12-5-8-18(22-4)15(20)10-12/h5-10,17,21H,11H2,1-4H3. The van der Waals surface area contributed by atoms with Crippen LogP contribution in [0.1, 0.15) is 43.5 Å². The van der Waals surface area contributed by atoms with Crippen molar-refractivity contribution in [1.29, 1.82) is 0 Å². The van der Waals surface area contributed by atoms with Gasteiger partial charge in [-0.1, -0.05) is 39.0 Å². The molecule has 0 bridgehead atoms. The molecule has 0 fully saturated rings. The summed E-state index contributed by atoms with van der Waals surface area (Å²) >= 11 is 0. The minimum atomic E-state index is -0.312. The summed E-state index contributed by atoms with van der Waals surface area (Å²) in [5.74, 6) is -0.0255. The van der Waals surface area contributed by atoms with E-state index in [0.29, 0.717) is 0 Å². The van der Waals surface area contributed by atoms with E-state index in [0.717, 1.165) is 17.7 Å². The highest BCUT2D eigenvalue weighted by Crippen LogP contribution is 2.37. The van der Waals surface area contributed by atoms with Gasteiger partial charge < -0.3 is 10.1 Å². The van der Waals surface area contributed by atoms with Gasteiger partial charge in [-0.05, 0) is 46.7 Å². The first-order valence-corrected chi connectivity index (χ1v) is 7.62. The zero-order chi connectivity index (χ0) is 15.9. The molecule has 1 atom stereocenters. The molecule has 1 aliphatic heterocycles. The Kier molecular flexibility index (Phi) is 3.59. The maximum absolute atomic E-state index is 13.9. The van der Waals surface area contributed by atoms with Crippen LogP contribution in [0.2, 0.25) is 0 Å². The second-order valence-corrected chi connectivity index (χ2v) is 6.92. The third-order valence-electron chi connectivity index (χ3n) is 4.30. The first kappa shape index (κ1) is 14.9. The molecule has 0 saturated carbocycles. The molecule has 1 heterocycles. The number of fused-ring (bicyclic) bond motifs is 1. The number of benzene rings is 2. The van der Waals surface area contributed by atoms with Crippen LogP contribution < -0.4 is 10.1 Å². The molecule has 0 spiro atoms. The van der Waals surface area contributed by atoms with Crippen molar-refractivity contribution >= 4 is 5.69 Å². The molecule has 0 amide bonds. The normalized spacial score (nSPS) is 17.0. The molecular formula is C19H22FNO. The molecule has 0 aliphatic carbocycles. The molecular weight excluding hydrogens is 277 g/mol. The summed E-state index contributed by atoms with van der Waals surface area (Å²) in [6, 6.07) is 11.9. The Bertz CT molecular complexity index is 703. The Labute approximate surface area is 131 Å². The third-order valence-corrected chi connectivity index (χ3v) is 4.30. The summed E-state index contributed by atoms with van der Waals surface area (Å²) < 4.78 is 18.9. The minimum Gasteiger partial charge on any atom is -0.494 e. The van der Waals surface area contributed by atoms with Gasteiger partial charge in [0.15, 0.2) is 11.6 Å². The quantitative estimate of drug-likeness (QED) is 0.856. The van der Waals surface area contributed by atoms with Crippen LogP contribution in [0.15, 0.2) is 36.4 Å². The molecule has 1 unspecified atom stereocenters. The van der Waals surface area contributed by atoms with E-state index in [-0.39, 0.29) is 23.0 Å². The van der Waals surface area contributed by atoms with E-state index in [4.69, 9.17) is 4.74 Å². The van der Waals surface area contributed by atoms with Crippen LogP contribution in [0.3, 0.4) is 0 Å². The van der Waals surface area contributed by atoms with Crippen LogP contribution in [0.4, 0.5) is 10.1 Å². The van der Waals surface area contributed by atoms with Gasteiger partial charge in [0.2, 0.25) is 0 Å². The van der Waals surface area contributed by atoms with Crippen molar-refractivity contribution < 1.29 is 9.13 Å². The second kappa shape index (κ2) is 5.31. The average Bonchev–Trinajstić information content (AvgIpc) is 2.89. The first-order valence-electron chi connectivity index (χ1n) is 7.62. The number of hydrogen-bond acceptors (Lipinski definition) is 2. The van der Waals surface area contributed by atoms with E-state index >= 15 is 0 Å². The zero-order valence-electron chi connectivity index (χ0n) is 13.5. The Morgan fingerprint density at radius 2 is 1.91 bits per heavy atom. The van der Waals surface area contributed by atoms with Gasteiger partial charge in [0.05, 0.1) is 13.2 Å². The SMILES string of the molecule is COc1ccc(C2Cc3cc(C(C)(C)C)ccc3N2)cc1F. The van der Waals surface area contributed by atoms with Gasteiger partial charge in [-0.25, -0.2) is 4.39 Å². The van der Waals surface area contributed by atoms with Gasteiger partial charge in [0, 0.05) is 5.69 Å². The van der Waals surface area contributed by atoms with Crippen LogP contribution in [0.5, 0.6) is 5.75 Å². The molecule has 0 radical (unpaired) electrons. The number of anilines is 1. The third kappa shape index (κ3) is 2.68. The number of halogens is 1. The summed E-state index contributed by atoms with van der Waals surface area (Å²) in [5.41, 5.74) is 4.86. The fourth-order valence-electron chi connectivity index (χ4n) is 2.93. The topological polar surface area (TPSA) is 21.3 Å². The molecule has 1 aliphatic rings. The predicted octanol–water partition coefficient (Wildman–Crippen LogP) is 4.84. The lowest BCUT2D eigenvalue weighted by Gasteiger charge is -2.19. The van der Waals surface area contributed by atoms with Crippen molar-refractivity contribution in [3.05, 3.63) is 58.9 Å². The van der Waals surface area contributed by atoms with Crippen LogP contribution in [0, 0.1) is 5.82 Å². The maximum atomic E-state index is 13.9. The van der Waals surface area contributed by atoms with Gasteiger partial charge >= 0.3 is 0 Å². The van der Waals surface area contributed by atoms with Crippen LogP contribution in [0.25, 0.3) is 0 Å². The molecule has 22 heavy (non-hydrogen) atoms. The highest BCUT2D eigenvalue weighted by atomic mass is 19.1. The van der Waals surface area contributed by atoms with Gasteiger partial charge in [-0.3, -0.25) is 0 Å². The number of ether oxygens (including phenoxy) is 1. The predicted molar refractivity (Wildman–Crippen MR) is 88.2 cm³/mol. The molecule has 2 nitrogen and oxygen atoms in total. The largest absolute Gasteiger partial charge is 0.494 e. The van der Waals surface area contributed by atoms with Crippen molar-refractivity contribution in [3.8, 4) is 5.75 Å². The number of hydrogen-bond donors (Lipinski definition) is 1. The first-order chi connectivity index (χ1) is 10.4. The summed E-state index contributed by atoms with van der Waals surface area (Å²) in [6.45, 7) is 6.65. The van der Waals surface area contributed by atoms with Gasteiger partial charge in [0.1, 0.15) is 0 Å². The summed E-state index contributed by atoms with van der Waals surface area (Å²) in [7, 11) is 1.48. The Balaban J connectivity index is 1.87. The zero-order valence-corrected chi connectivity index (χ0v) is 13.5. The highest BCUT2D eigenvalue weighted by molar-refractivity contribution is 5.60. The molecule has 2 aromatic carbocycles. The lowest BCUT2D eigenvalue weighted by Crippen LogP contribution is -2.10. The van der Waals surface area contributed by atoms with E-state index in [1.54, 1.807) is 12.1 Å². The van der Waals surface area contributed by atoms with E-state index < -0.39 is 0 Å². The van der Waals surface area contributed by atoms with E-state index in [2.05, 4.69) is 44.3 Å². The molecule has 0 saturated heterocycles.